The molecule has 2 saturated carbocycles. The zero-order chi connectivity index (χ0) is 31.8. The number of halogens is 6. The van der Waals surface area contributed by atoms with Crippen molar-refractivity contribution >= 4 is 23.6 Å². The fourth-order valence-electron chi connectivity index (χ4n) is 6.00. The van der Waals surface area contributed by atoms with Crippen LogP contribution in [0.1, 0.15) is 80.0 Å². The van der Waals surface area contributed by atoms with E-state index >= 15 is 4.39 Å². The number of urea groups is 1. The molecular weight excluding hydrogens is 594 g/mol. The number of esters is 1. The number of likely N-dealkylation sites (tertiary alicyclic amines) is 1. The molecule has 3 fully saturated rings. The molecule has 3 amide bonds. The van der Waals surface area contributed by atoms with E-state index < -0.39 is 83.6 Å². The highest BCUT2D eigenvalue weighted by Crippen LogP contribution is 2.43. The van der Waals surface area contributed by atoms with Crippen molar-refractivity contribution < 1.29 is 45.5 Å². The van der Waals surface area contributed by atoms with Crippen molar-refractivity contribution in [2.24, 2.45) is 0 Å². The van der Waals surface area contributed by atoms with Crippen molar-refractivity contribution in [3.8, 4) is 0 Å². The number of nitrogens with zero attached hydrogens (tertiary/aromatic N) is 3. The average molecular weight is 627 g/mol. The average Bonchev–Trinajstić information content (AvgIpc) is 3.72. The Balaban J connectivity index is 1.64. The Morgan fingerprint density at radius 2 is 1.80 bits per heavy atom. The zero-order valence-corrected chi connectivity index (χ0v) is 23.9. The van der Waals surface area contributed by atoms with Crippen LogP contribution in [0.2, 0.25) is 0 Å². The number of anilines is 1. The topological polar surface area (TPSA) is 91.8 Å². The molecular formula is C30H32F6N4O4. The molecule has 14 heteroatoms. The quantitative estimate of drug-likeness (QED) is 0.296. The van der Waals surface area contributed by atoms with Crippen molar-refractivity contribution in [3.63, 3.8) is 0 Å². The lowest BCUT2D eigenvalue weighted by Gasteiger charge is -2.38. The van der Waals surface area contributed by atoms with E-state index in [9.17, 15) is 36.3 Å². The van der Waals surface area contributed by atoms with Gasteiger partial charge in [-0.25, -0.2) is 22.8 Å². The number of alkyl halides is 5. The molecule has 3 aliphatic rings. The minimum atomic E-state index is -5.00. The molecule has 1 N–H and O–H groups in total. The number of aromatic nitrogens is 1. The van der Waals surface area contributed by atoms with E-state index in [2.05, 4.69) is 10.3 Å². The largest absolute Gasteiger partial charge is 0.467 e. The van der Waals surface area contributed by atoms with E-state index in [0.717, 1.165) is 37.2 Å². The van der Waals surface area contributed by atoms with Crippen LogP contribution in [-0.2, 0) is 20.5 Å². The highest BCUT2D eigenvalue weighted by atomic mass is 19.4. The molecule has 0 spiro atoms. The van der Waals surface area contributed by atoms with E-state index in [1.165, 1.54) is 12.1 Å². The third kappa shape index (κ3) is 6.63. The number of rotatable bonds is 7. The van der Waals surface area contributed by atoms with E-state index in [1.807, 2.05) is 0 Å². The molecule has 5 rings (SSSR count). The molecule has 1 unspecified atom stereocenters. The van der Waals surface area contributed by atoms with Gasteiger partial charge in [-0.2, -0.15) is 13.2 Å². The van der Waals surface area contributed by atoms with Crippen molar-refractivity contribution in [2.75, 3.05) is 18.6 Å². The van der Waals surface area contributed by atoms with Gasteiger partial charge in [-0.05, 0) is 68.2 Å². The Morgan fingerprint density at radius 1 is 1.09 bits per heavy atom. The lowest BCUT2D eigenvalue weighted by Crippen LogP contribution is -2.54. The number of ether oxygens (including phenoxy) is 1. The van der Waals surface area contributed by atoms with Crippen LogP contribution in [0.4, 0.5) is 36.8 Å². The molecule has 238 valence electrons. The van der Waals surface area contributed by atoms with Gasteiger partial charge in [0.1, 0.15) is 17.9 Å². The summed E-state index contributed by atoms with van der Waals surface area (Å²) < 4.78 is 91.4. The van der Waals surface area contributed by atoms with Gasteiger partial charge in [0.2, 0.25) is 11.8 Å². The lowest BCUT2D eigenvalue weighted by atomic mass is 9.91. The van der Waals surface area contributed by atoms with Crippen LogP contribution in [-0.4, -0.2) is 59.5 Å². The molecule has 2 aromatic rings. The smallest absolute Gasteiger partial charge is 0.416 e. The van der Waals surface area contributed by atoms with Crippen molar-refractivity contribution in [3.05, 3.63) is 59.2 Å². The van der Waals surface area contributed by atoms with Gasteiger partial charge in [0, 0.05) is 43.4 Å². The SMILES string of the molecule is COC(=O)[C@@H]1CCCN1C(=O)N(c1ccc(C2CC2)cc1F)C(C(=O)NC1CCC(F)(F)CC1)c1cnccc1C(F)(F)F. The molecule has 1 saturated heterocycles. The van der Waals surface area contributed by atoms with Crippen LogP contribution in [0.5, 0.6) is 0 Å². The lowest BCUT2D eigenvalue weighted by molar-refractivity contribution is -0.144. The predicted octanol–water partition coefficient (Wildman–Crippen LogP) is 6.12. The Kier molecular flexibility index (Phi) is 8.81. The summed E-state index contributed by atoms with van der Waals surface area (Å²) in [4.78, 5) is 46.3. The van der Waals surface area contributed by atoms with Gasteiger partial charge in [0.25, 0.3) is 0 Å². The molecule has 1 aromatic heterocycles. The van der Waals surface area contributed by atoms with E-state index in [-0.39, 0.29) is 31.7 Å². The molecule has 8 nitrogen and oxygen atoms in total. The van der Waals surface area contributed by atoms with E-state index in [4.69, 9.17) is 4.74 Å². The minimum absolute atomic E-state index is 0.0118. The van der Waals surface area contributed by atoms with Crippen LogP contribution >= 0.6 is 0 Å². The van der Waals surface area contributed by atoms with E-state index in [0.29, 0.717) is 23.0 Å². The summed E-state index contributed by atoms with van der Waals surface area (Å²) >= 11 is 0. The zero-order valence-electron chi connectivity index (χ0n) is 23.9. The summed E-state index contributed by atoms with van der Waals surface area (Å²) in [6.07, 6.45) is -2.57. The number of carbonyl (C=O) groups is 3. The normalized spacial score (nSPS) is 21.1. The highest BCUT2D eigenvalue weighted by Gasteiger charge is 2.46. The number of hydrogen-bond donors (Lipinski definition) is 1. The summed E-state index contributed by atoms with van der Waals surface area (Å²) in [5, 5.41) is 2.54. The van der Waals surface area contributed by atoms with Crippen molar-refractivity contribution in [1.29, 1.82) is 0 Å². The minimum Gasteiger partial charge on any atom is -0.467 e. The second-order valence-corrected chi connectivity index (χ2v) is 11.5. The molecule has 0 bridgehead atoms. The first-order chi connectivity index (χ1) is 20.8. The van der Waals surface area contributed by atoms with Gasteiger partial charge in [0.05, 0.1) is 18.4 Å². The Morgan fingerprint density at radius 3 is 2.41 bits per heavy atom. The summed E-state index contributed by atoms with van der Waals surface area (Å²) in [5.41, 5.74) is -1.89. The fourth-order valence-corrected chi connectivity index (χ4v) is 6.00. The maximum atomic E-state index is 15.9. The summed E-state index contributed by atoms with van der Waals surface area (Å²) in [6.45, 7) is -0.0118. The number of pyridine rings is 1. The second-order valence-electron chi connectivity index (χ2n) is 11.5. The van der Waals surface area contributed by atoms with Crippen LogP contribution < -0.4 is 10.2 Å². The summed E-state index contributed by atoms with van der Waals surface area (Å²) in [6, 6.07) is -0.577. The third-order valence-electron chi connectivity index (χ3n) is 8.48. The van der Waals surface area contributed by atoms with Gasteiger partial charge in [-0.1, -0.05) is 6.07 Å². The molecule has 44 heavy (non-hydrogen) atoms. The van der Waals surface area contributed by atoms with Crippen LogP contribution in [0.25, 0.3) is 0 Å². The van der Waals surface area contributed by atoms with Gasteiger partial charge >= 0.3 is 18.2 Å². The first-order valence-corrected chi connectivity index (χ1v) is 14.5. The number of methoxy groups -OCH3 is 1. The molecule has 2 atom stereocenters. The standard InChI is InChI=1S/C30H32F6N4O4/c1-44-27(42)24-3-2-14-39(24)28(43)40(23-7-6-18(15-22(23)31)17-4-5-17)25(20-16-37-13-10-21(20)30(34,35)36)26(41)38-19-8-11-29(32,33)12-9-19/h6-7,10,13,15-17,19,24-25H,2-5,8-9,11-12,14H2,1H3,(H,38,41)/t24-,25?/m0/s1. The maximum absolute atomic E-state index is 15.9. The van der Waals surface area contributed by atoms with Crippen LogP contribution in [0, 0.1) is 5.82 Å². The van der Waals surface area contributed by atoms with Gasteiger partial charge in [-0.3, -0.25) is 14.7 Å². The molecule has 2 heterocycles. The van der Waals surface area contributed by atoms with Gasteiger partial charge < -0.3 is 15.0 Å². The molecule has 1 aromatic carbocycles. The first-order valence-electron chi connectivity index (χ1n) is 14.5. The van der Waals surface area contributed by atoms with Gasteiger partial charge in [0.15, 0.2) is 0 Å². The predicted molar refractivity (Wildman–Crippen MR) is 145 cm³/mol. The number of carbonyl (C=O) groups excluding carboxylic acids is 3. The van der Waals surface area contributed by atoms with Crippen molar-refractivity contribution in [1.82, 2.24) is 15.2 Å². The third-order valence-corrected chi connectivity index (χ3v) is 8.48. The first kappa shape index (κ1) is 31.6. The van der Waals surface area contributed by atoms with Gasteiger partial charge in [-0.15, -0.1) is 0 Å². The summed E-state index contributed by atoms with van der Waals surface area (Å²) in [5.74, 6) is -5.71. The number of amides is 3. The Hall–Kier alpha value is -3.84. The fraction of sp³-hybridized carbons (Fsp3) is 0.533. The number of hydrogen-bond acceptors (Lipinski definition) is 5. The molecule has 2 aliphatic carbocycles. The second kappa shape index (κ2) is 12.3. The maximum Gasteiger partial charge on any atom is 0.416 e. The summed E-state index contributed by atoms with van der Waals surface area (Å²) in [7, 11) is 1.12. The van der Waals surface area contributed by atoms with Crippen molar-refractivity contribution in [2.45, 2.75) is 87.5 Å². The monoisotopic (exact) mass is 626 g/mol. The number of nitrogens with one attached hydrogen (secondary N) is 1. The highest BCUT2D eigenvalue weighted by molar-refractivity contribution is 6.02. The number of benzene rings is 1. The molecule has 1 aliphatic heterocycles. The van der Waals surface area contributed by atoms with Crippen LogP contribution in [0.3, 0.4) is 0 Å². The Labute approximate surface area is 249 Å². The van der Waals surface area contributed by atoms with Crippen LogP contribution in [0.15, 0.2) is 36.7 Å². The Bertz CT molecular complexity index is 1410. The van der Waals surface area contributed by atoms with E-state index in [1.54, 1.807) is 6.07 Å². The molecule has 0 radical (unpaired) electrons.